The predicted octanol–water partition coefficient (Wildman–Crippen LogP) is 2.73. The van der Waals surface area contributed by atoms with Crippen LogP contribution in [-0.2, 0) is 4.79 Å². The number of hydrogen-bond acceptors (Lipinski definition) is 2. The minimum absolute atomic E-state index is 0.0199. The SMILES string of the molecule is CNC(=O)C[CH]Sc1ccc(Cl)cc1. The molecule has 1 amide bonds. The smallest absolute Gasteiger partial charge is 0.220 e. The van der Waals surface area contributed by atoms with Crippen LogP contribution in [0, 0.1) is 5.75 Å². The number of halogens is 1. The molecule has 0 bridgehead atoms. The Hall–Kier alpha value is -0.670. The van der Waals surface area contributed by atoms with Crippen LogP contribution in [0.4, 0.5) is 0 Å². The van der Waals surface area contributed by atoms with E-state index >= 15 is 0 Å². The molecule has 75 valence electrons. The van der Waals surface area contributed by atoms with Crippen molar-refractivity contribution in [2.45, 2.75) is 11.3 Å². The summed E-state index contributed by atoms with van der Waals surface area (Å²) in [5, 5.41) is 3.28. The third kappa shape index (κ3) is 4.03. The minimum Gasteiger partial charge on any atom is -0.359 e. The molecule has 1 rings (SSSR count). The Morgan fingerprint density at radius 2 is 2.14 bits per heavy atom. The van der Waals surface area contributed by atoms with Gasteiger partial charge in [0.2, 0.25) is 5.91 Å². The van der Waals surface area contributed by atoms with Gasteiger partial charge in [0.05, 0.1) is 0 Å². The topological polar surface area (TPSA) is 29.1 Å². The van der Waals surface area contributed by atoms with Gasteiger partial charge in [0.1, 0.15) is 0 Å². The van der Waals surface area contributed by atoms with Crippen molar-refractivity contribution < 1.29 is 4.79 Å². The van der Waals surface area contributed by atoms with Gasteiger partial charge in [0.15, 0.2) is 0 Å². The molecular formula is C10H11ClNOS. The van der Waals surface area contributed by atoms with E-state index in [1.54, 1.807) is 7.05 Å². The van der Waals surface area contributed by atoms with Gasteiger partial charge >= 0.3 is 0 Å². The van der Waals surface area contributed by atoms with E-state index in [-0.39, 0.29) is 5.91 Å². The van der Waals surface area contributed by atoms with Crippen molar-refractivity contribution in [1.29, 1.82) is 0 Å². The fourth-order valence-corrected chi connectivity index (χ4v) is 1.68. The highest BCUT2D eigenvalue weighted by atomic mass is 35.5. The number of amides is 1. The van der Waals surface area contributed by atoms with Crippen LogP contribution in [0.5, 0.6) is 0 Å². The molecule has 0 aliphatic heterocycles. The van der Waals surface area contributed by atoms with Crippen molar-refractivity contribution in [2.24, 2.45) is 0 Å². The highest BCUT2D eigenvalue weighted by Gasteiger charge is 1.99. The van der Waals surface area contributed by atoms with E-state index in [0.717, 1.165) is 9.92 Å². The van der Waals surface area contributed by atoms with Crippen molar-refractivity contribution in [2.75, 3.05) is 7.05 Å². The van der Waals surface area contributed by atoms with Crippen molar-refractivity contribution in [3.63, 3.8) is 0 Å². The van der Waals surface area contributed by atoms with Gasteiger partial charge in [-0.1, -0.05) is 11.6 Å². The second-order valence-electron chi connectivity index (χ2n) is 2.62. The van der Waals surface area contributed by atoms with Crippen molar-refractivity contribution in [3.8, 4) is 0 Å². The van der Waals surface area contributed by atoms with Crippen LogP contribution in [-0.4, -0.2) is 13.0 Å². The molecule has 0 unspecified atom stereocenters. The lowest BCUT2D eigenvalue weighted by Gasteiger charge is -2.00. The van der Waals surface area contributed by atoms with Crippen molar-refractivity contribution in [3.05, 3.63) is 35.0 Å². The maximum absolute atomic E-state index is 10.9. The Morgan fingerprint density at radius 1 is 1.50 bits per heavy atom. The van der Waals surface area contributed by atoms with E-state index in [1.807, 2.05) is 30.0 Å². The van der Waals surface area contributed by atoms with E-state index in [1.165, 1.54) is 11.8 Å². The van der Waals surface area contributed by atoms with Crippen LogP contribution in [0.3, 0.4) is 0 Å². The Morgan fingerprint density at radius 3 is 2.71 bits per heavy atom. The summed E-state index contributed by atoms with van der Waals surface area (Å²) in [7, 11) is 1.63. The minimum atomic E-state index is 0.0199. The molecule has 0 aliphatic rings. The lowest BCUT2D eigenvalue weighted by Crippen LogP contribution is -2.16. The lowest BCUT2D eigenvalue weighted by atomic mass is 10.4. The maximum Gasteiger partial charge on any atom is 0.220 e. The van der Waals surface area contributed by atoms with Gasteiger partial charge in [-0.3, -0.25) is 4.79 Å². The van der Waals surface area contributed by atoms with Crippen LogP contribution in [0.15, 0.2) is 29.2 Å². The monoisotopic (exact) mass is 228 g/mol. The van der Waals surface area contributed by atoms with Crippen LogP contribution >= 0.6 is 23.4 Å². The molecule has 0 fully saturated rings. The molecule has 1 aromatic carbocycles. The van der Waals surface area contributed by atoms with Crippen molar-refractivity contribution >= 4 is 29.3 Å². The standard InChI is InChI=1S/C10H11ClNOS/c1-12-10(13)6-7-14-9-4-2-8(11)3-5-9/h2-5,7H,6H2,1H3,(H,12,13). The number of hydrogen-bond donors (Lipinski definition) is 1. The second kappa shape index (κ2) is 5.94. The van der Waals surface area contributed by atoms with E-state index < -0.39 is 0 Å². The fraction of sp³-hybridized carbons (Fsp3) is 0.200. The molecule has 0 aromatic heterocycles. The summed E-state index contributed by atoms with van der Waals surface area (Å²) in [6, 6.07) is 7.51. The zero-order chi connectivity index (χ0) is 10.4. The molecular weight excluding hydrogens is 218 g/mol. The normalized spacial score (nSPS) is 9.86. The molecule has 4 heteroatoms. The predicted molar refractivity (Wildman–Crippen MR) is 60.3 cm³/mol. The maximum atomic E-state index is 10.9. The molecule has 0 heterocycles. The molecule has 0 spiro atoms. The Bertz CT molecular complexity index is 299. The van der Waals surface area contributed by atoms with E-state index in [0.29, 0.717) is 6.42 Å². The fourth-order valence-electron chi connectivity index (χ4n) is 0.829. The van der Waals surface area contributed by atoms with E-state index in [4.69, 9.17) is 11.6 Å². The van der Waals surface area contributed by atoms with Gasteiger partial charge in [-0.25, -0.2) is 0 Å². The first kappa shape index (κ1) is 11.4. The Kier molecular flexibility index (Phi) is 4.84. The van der Waals surface area contributed by atoms with Gasteiger partial charge < -0.3 is 5.32 Å². The third-order valence-corrected chi connectivity index (χ3v) is 2.71. The highest BCUT2D eigenvalue weighted by Crippen LogP contribution is 2.23. The zero-order valence-electron chi connectivity index (χ0n) is 7.79. The molecule has 0 atom stereocenters. The summed E-state index contributed by atoms with van der Waals surface area (Å²) in [5.74, 6) is 1.88. The molecule has 1 N–H and O–H groups in total. The van der Waals surface area contributed by atoms with Crippen LogP contribution in [0.25, 0.3) is 0 Å². The van der Waals surface area contributed by atoms with Gasteiger partial charge in [0.25, 0.3) is 0 Å². The molecule has 0 saturated carbocycles. The third-order valence-electron chi connectivity index (χ3n) is 1.58. The molecule has 2 nitrogen and oxygen atoms in total. The quantitative estimate of drug-likeness (QED) is 0.803. The summed E-state index contributed by atoms with van der Waals surface area (Å²) in [4.78, 5) is 12.0. The van der Waals surface area contributed by atoms with Gasteiger partial charge in [-0.2, -0.15) is 0 Å². The average molecular weight is 229 g/mol. The summed E-state index contributed by atoms with van der Waals surface area (Å²) < 4.78 is 0. The summed E-state index contributed by atoms with van der Waals surface area (Å²) >= 11 is 7.26. The van der Waals surface area contributed by atoms with Gasteiger partial charge in [-0.15, -0.1) is 11.8 Å². The number of carbonyl (C=O) groups excluding carboxylic acids is 1. The van der Waals surface area contributed by atoms with Crippen LogP contribution in [0.1, 0.15) is 6.42 Å². The molecule has 0 saturated heterocycles. The number of nitrogens with one attached hydrogen (secondary N) is 1. The summed E-state index contributed by atoms with van der Waals surface area (Å²) in [5.41, 5.74) is 0. The first-order valence-corrected chi connectivity index (χ1v) is 5.42. The molecule has 1 radical (unpaired) electrons. The van der Waals surface area contributed by atoms with Crippen LogP contribution in [0.2, 0.25) is 5.02 Å². The van der Waals surface area contributed by atoms with Crippen molar-refractivity contribution in [1.82, 2.24) is 5.32 Å². The number of rotatable bonds is 4. The van der Waals surface area contributed by atoms with E-state index in [9.17, 15) is 4.79 Å². The first-order valence-electron chi connectivity index (χ1n) is 4.17. The number of benzene rings is 1. The summed E-state index contributed by atoms with van der Waals surface area (Å²) in [6.45, 7) is 0. The summed E-state index contributed by atoms with van der Waals surface area (Å²) in [6.07, 6.45) is 0.420. The molecule has 0 aliphatic carbocycles. The Labute approximate surface area is 93.0 Å². The number of thioether (sulfide) groups is 1. The highest BCUT2D eigenvalue weighted by molar-refractivity contribution is 8.01. The van der Waals surface area contributed by atoms with Gasteiger partial charge in [0, 0.05) is 29.1 Å². The van der Waals surface area contributed by atoms with Crippen LogP contribution < -0.4 is 5.32 Å². The Balaban J connectivity index is 2.31. The number of carbonyl (C=O) groups is 1. The first-order chi connectivity index (χ1) is 6.72. The molecule has 14 heavy (non-hydrogen) atoms. The lowest BCUT2D eigenvalue weighted by molar-refractivity contribution is -0.119. The average Bonchev–Trinajstić information content (AvgIpc) is 2.21. The zero-order valence-corrected chi connectivity index (χ0v) is 9.36. The largest absolute Gasteiger partial charge is 0.359 e. The van der Waals surface area contributed by atoms with E-state index in [2.05, 4.69) is 5.32 Å². The van der Waals surface area contributed by atoms with Gasteiger partial charge in [-0.05, 0) is 24.3 Å². The second-order valence-corrected chi connectivity index (χ2v) is 4.09. The molecule has 1 aromatic rings.